The topological polar surface area (TPSA) is 75.7 Å². The molecule has 4 rings (SSSR count). The van der Waals surface area contributed by atoms with Crippen molar-refractivity contribution in [2.45, 2.75) is 39.0 Å². The minimum atomic E-state index is -0.331. The van der Waals surface area contributed by atoms with Crippen LogP contribution in [-0.2, 0) is 25.5 Å². The molecule has 2 fully saturated rings. The van der Waals surface area contributed by atoms with E-state index >= 15 is 0 Å². The molecule has 1 N–H and O–H groups in total. The summed E-state index contributed by atoms with van der Waals surface area (Å²) in [5.74, 6) is 0.581. The van der Waals surface area contributed by atoms with Crippen LogP contribution < -0.4 is 10.2 Å². The molecular weight excluding hydrogens is 332 g/mol. The molecule has 26 heavy (non-hydrogen) atoms. The molecular formula is C20H24N2O4. The molecule has 3 atom stereocenters. The number of benzene rings is 1. The van der Waals surface area contributed by atoms with Crippen LogP contribution >= 0.6 is 0 Å². The van der Waals surface area contributed by atoms with E-state index in [4.69, 9.17) is 4.74 Å². The molecule has 1 aromatic rings. The summed E-state index contributed by atoms with van der Waals surface area (Å²) >= 11 is 0. The predicted molar refractivity (Wildman–Crippen MR) is 96.7 cm³/mol. The molecule has 0 radical (unpaired) electrons. The van der Waals surface area contributed by atoms with Crippen LogP contribution in [0.4, 0.5) is 11.4 Å². The van der Waals surface area contributed by atoms with Crippen LogP contribution in [0.5, 0.6) is 0 Å². The number of amides is 2. The first-order valence-electron chi connectivity index (χ1n) is 9.39. The van der Waals surface area contributed by atoms with Crippen molar-refractivity contribution in [3.8, 4) is 0 Å². The second-order valence-corrected chi connectivity index (χ2v) is 7.70. The van der Waals surface area contributed by atoms with E-state index in [9.17, 15) is 14.4 Å². The van der Waals surface area contributed by atoms with Crippen molar-refractivity contribution in [1.29, 1.82) is 0 Å². The summed E-state index contributed by atoms with van der Waals surface area (Å²) in [6, 6.07) is 5.50. The average molecular weight is 356 g/mol. The molecule has 6 nitrogen and oxygen atoms in total. The Bertz CT molecular complexity index is 760. The Morgan fingerprint density at radius 1 is 1.23 bits per heavy atom. The zero-order valence-corrected chi connectivity index (χ0v) is 15.0. The van der Waals surface area contributed by atoms with Crippen LogP contribution in [0.3, 0.4) is 0 Å². The molecule has 1 heterocycles. The third-order valence-electron chi connectivity index (χ3n) is 6.03. The van der Waals surface area contributed by atoms with Crippen molar-refractivity contribution < 1.29 is 19.1 Å². The number of carbonyl (C=O) groups is 3. The molecule has 1 aromatic carbocycles. The zero-order valence-electron chi connectivity index (χ0n) is 15.0. The lowest BCUT2D eigenvalue weighted by Crippen LogP contribution is -2.27. The van der Waals surface area contributed by atoms with Crippen LogP contribution in [0, 0.1) is 17.8 Å². The smallest absolute Gasteiger partial charge is 0.309 e. The van der Waals surface area contributed by atoms with Gasteiger partial charge in [-0.15, -0.1) is 0 Å². The molecule has 2 saturated carbocycles. The molecule has 138 valence electrons. The number of nitrogens with zero attached hydrogens (tertiary/aromatic N) is 1. The monoisotopic (exact) mass is 356 g/mol. The van der Waals surface area contributed by atoms with Crippen LogP contribution in [0.15, 0.2) is 18.2 Å². The fourth-order valence-electron chi connectivity index (χ4n) is 4.78. The first-order chi connectivity index (χ1) is 12.5. The van der Waals surface area contributed by atoms with Gasteiger partial charge in [0.2, 0.25) is 5.91 Å². The average Bonchev–Trinajstić information content (AvgIpc) is 3.34. The van der Waals surface area contributed by atoms with Crippen LogP contribution in [0.2, 0.25) is 0 Å². The summed E-state index contributed by atoms with van der Waals surface area (Å²) in [6.07, 6.45) is 5.18. The first-order valence-corrected chi connectivity index (χ1v) is 9.39. The molecule has 3 aliphatic rings. The van der Waals surface area contributed by atoms with E-state index < -0.39 is 0 Å². The highest BCUT2D eigenvalue weighted by atomic mass is 16.5. The number of anilines is 2. The molecule has 0 aromatic heterocycles. The minimum Gasteiger partial charge on any atom is -0.455 e. The number of hydrogen-bond acceptors (Lipinski definition) is 4. The predicted octanol–water partition coefficient (Wildman–Crippen LogP) is 2.51. The van der Waals surface area contributed by atoms with E-state index in [1.54, 1.807) is 17.9 Å². The molecule has 0 spiro atoms. The van der Waals surface area contributed by atoms with E-state index in [1.807, 2.05) is 12.1 Å². The Hall–Kier alpha value is -2.37. The number of fused-ring (bicyclic) bond motifs is 3. The van der Waals surface area contributed by atoms with E-state index in [0.29, 0.717) is 24.1 Å². The van der Waals surface area contributed by atoms with Gasteiger partial charge in [-0.3, -0.25) is 14.4 Å². The maximum atomic E-state index is 12.2. The Balaban J connectivity index is 1.30. The summed E-state index contributed by atoms with van der Waals surface area (Å²) in [5.41, 5.74) is 2.60. The first kappa shape index (κ1) is 17.1. The van der Waals surface area contributed by atoms with Crippen molar-refractivity contribution in [2.24, 2.45) is 17.8 Å². The van der Waals surface area contributed by atoms with Gasteiger partial charge in [0.15, 0.2) is 6.61 Å². The fraction of sp³-hybridized carbons (Fsp3) is 0.550. The van der Waals surface area contributed by atoms with Gasteiger partial charge in [0.25, 0.3) is 5.91 Å². The SMILES string of the molecule is CC(=O)N1CCc2cc(NC(=O)COC(=O)[C@H]3C[C@H]4CC[C@H]3C4)ccc21. The van der Waals surface area contributed by atoms with Crippen molar-refractivity contribution in [1.82, 2.24) is 0 Å². The molecule has 6 heteroatoms. The lowest BCUT2D eigenvalue weighted by atomic mass is 9.89. The summed E-state index contributed by atoms with van der Waals surface area (Å²) < 4.78 is 5.25. The van der Waals surface area contributed by atoms with Crippen molar-refractivity contribution in [3.05, 3.63) is 23.8 Å². The van der Waals surface area contributed by atoms with Gasteiger partial charge < -0.3 is 15.0 Å². The lowest BCUT2D eigenvalue weighted by molar-refractivity contribution is -0.153. The Kier molecular flexibility index (Phi) is 4.42. The quantitative estimate of drug-likeness (QED) is 0.841. The number of rotatable bonds is 4. The zero-order chi connectivity index (χ0) is 18.3. The largest absolute Gasteiger partial charge is 0.455 e. The van der Waals surface area contributed by atoms with Gasteiger partial charge in [0.1, 0.15) is 0 Å². The molecule has 0 unspecified atom stereocenters. The van der Waals surface area contributed by atoms with Crippen molar-refractivity contribution in [3.63, 3.8) is 0 Å². The molecule has 0 saturated heterocycles. The number of hydrogen-bond donors (Lipinski definition) is 1. The molecule has 1 aliphatic heterocycles. The molecule has 2 aliphatic carbocycles. The van der Waals surface area contributed by atoms with E-state index in [2.05, 4.69) is 5.32 Å². The van der Waals surface area contributed by atoms with E-state index in [1.165, 1.54) is 6.42 Å². The van der Waals surface area contributed by atoms with Gasteiger partial charge in [0.05, 0.1) is 5.92 Å². The Morgan fingerprint density at radius 3 is 2.77 bits per heavy atom. The lowest BCUT2D eigenvalue weighted by Gasteiger charge is -2.19. The molecule has 2 amide bonds. The van der Waals surface area contributed by atoms with Gasteiger partial charge >= 0.3 is 5.97 Å². The van der Waals surface area contributed by atoms with Gasteiger partial charge in [-0.2, -0.15) is 0 Å². The van der Waals surface area contributed by atoms with Gasteiger partial charge in [0, 0.05) is 24.8 Å². The second-order valence-electron chi connectivity index (χ2n) is 7.70. The maximum absolute atomic E-state index is 12.2. The summed E-state index contributed by atoms with van der Waals surface area (Å²) in [5, 5.41) is 2.78. The summed E-state index contributed by atoms with van der Waals surface area (Å²) in [4.78, 5) is 37.6. The Morgan fingerprint density at radius 2 is 2.08 bits per heavy atom. The summed E-state index contributed by atoms with van der Waals surface area (Å²) in [6.45, 7) is 1.97. The molecule has 2 bridgehead atoms. The number of ether oxygens (including phenoxy) is 1. The van der Waals surface area contributed by atoms with Crippen molar-refractivity contribution >= 4 is 29.2 Å². The second kappa shape index (κ2) is 6.74. The Labute approximate surface area is 152 Å². The van der Waals surface area contributed by atoms with Gasteiger partial charge in [-0.25, -0.2) is 0 Å². The number of nitrogens with one attached hydrogen (secondary N) is 1. The maximum Gasteiger partial charge on any atom is 0.309 e. The van der Waals surface area contributed by atoms with Crippen molar-refractivity contribution in [2.75, 3.05) is 23.4 Å². The third kappa shape index (κ3) is 3.20. The third-order valence-corrected chi connectivity index (χ3v) is 6.03. The minimum absolute atomic E-state index is 0.0147. The van der Waals surface area contributed by atoms with E-state index in [-0.39, 0.29) is 30.3 Å². The summed E-state index contributed by atoms with van der Waals surface area (Å²) in [7, 11) is 0. The fourth-order valence-corrected chi connectivity index (χ4v) is 4.78. The van der Waals surface area contributed by atoms with Gasteiger partial charge in [-0.05, 0) is 61.3 Å². The van der Waals surface area contributed by atoms with Crippen LogP contribution in [0.25, 0.3) is 0 Å². The highest BCUT2D eigenvalue weighted by Gasteiger charge is 2.44. The van der Waals surface area contributed by atoms with Crippen LogP contribution in [0.1, 0.15) is 38.2 Å². The van der Waals surface area contributed by atoms with Gasteiger partial charge in [-0.1, -0.05) is 6.42 Å². The normalized spacial score (nSPS) is 25.9. The van der Waals surface area contributed by atoms with Crippen LogP contribution in [-0.4, -0.2) is 30.9 Å². The highest BCUT2D eigenvalue weighted by molar-refractivity contribution is 5.96. The highest BCUT2D eigenvalue weighted by Crippen LogP contribution is 2.48. The van der Waals surface area contributed by atoms with E-state index in [0.717, 1.165) is 36.9 Å². The number of esters is 1. The number of carbonyl (C=O) groups excluding carboxylic acids is 3. The standard InChI is InChI=1S/C20H24N2O4/c1-12(23)22-7-6-15-10-16(4-5-18(15)22)21-19(24)11-26-20(25)17-9-13-2-3-14(17)8-13/h4-5,10,13-14,17H,2-3,6-9,11H2,1H3,(H,21,24)/t13-,14-,17-/m0/s1.